The highest BCUT2D eigenvalue weighted by Gasteiger charge is 2.58. The van der Waals surface area contributed by atoms with Gasteiger partial charge in [-0.15, -0.1) is 0 Å². The lowest BCUT2D eigenvalue weighted by Gasteiger charge is -2.19. The van der Waals surface area contributed by atoms with Gasteiger partial charge in [-0.05, 0) is 36.6 Å². The summed E-state index contributed by atoms with van der Waals surface area (Å²) in [6, 6.07) is 6.91. The molecule has 1 fully saturated rings. The number of nitrogens with zero attached hydrogens (tertiary/aromatic N) is 1. The Hall–Kier alpha value is -0.580. The smallest absolute Gasteiger partial charge is 0.0479 e. The van der Waals surface area contributed by atoms with E-state index in [1.807, 2.05) is 0 Å². The van der Waals surface area contributed by atoms with E-state index in [9.17, 15) is 0 Å². The number of nitrogens with two attached hydrogens (primary N) is 1. The summed E-state index contributed by atoms with van der Waals surface area (Å²) in [4.78, 5) is 2.47. The molecule has 18 heavy (non-hydrogen) atoms. The molecule has 0 aromatic heterocycles. The summed E-state index contributed by atoms with van der Waals surface area (Å²) >= 11 is 3.57. The van der Waals surface area contributed by atoms with Crippen molar-refractivity contribution in [3.05, 3.63) is 28.2 Å². The lowest BCUT2D eigenvalue weighted by Crippen LogP contribution is -2.29. The second-order valence-corrected chi connectivity index (χ2v) is 6.31. The van der Waals surface area contributed by atoms with Crippen molar-refractivity contribution in [3.8, 4) is 0 Å². The van der Waals surface area contributed by atoms with Crippen LogP contribution in [0.15, 0.2) is 22.7 Å². The van der Waals surface area contributed by atoms with E-state index >= 15 is 0 Å². The molecule has 1 aromatic carbocycles. The van der Waals surface area contributed by atoms with Crippen molar-refractivity contribution in [2.24, 2.45) is 5.73 Å². The SMILES string of the molecule is COCCCN1CC2(CC2N)c2cc(Br)ccc21. The first-order valence-electron chi connectivity index (χ1n) is 6.47. The molecule has 1 aliphatic heterocycles. The quantitative estimate of drug-likeness (QED) is 0.867. The molecule has 1 heterocycles. The Morgan fingerprint density at radius 2 is 2.33 bits per heavy atom. The van der Waals surface area contributed by atoms with Crippen LogP contribution in [-0.2, 0) is 10.2 Å². The molecule has 1 aliphatic carbocycles. The highest BCUT2D eigenvalue weighted by atomic mass is 79.9. The van der Waals surface area contributed by atoms with Crippen LogP contribution in [0.2, 0.25) is 0 Å². The average molecular weight is 311 g/mol. The van der Waals surface area contributed by atoms with Gasteiger partial charge in [-0.3, -0.25) is 0 Å². The van der Waals surface area contributed by atoms with E-state index in [4.69, 9.17) is 10.5 Å². The molecule has 0 bridgehead atoms. The number of ether oxygens (including phenoxy) is 1. The third kappa shape index (κ3) is 1.87. The van der Waals surface area contributed by atoms with Gasteiger partial charge in [0.1, 0.15) is 0 Å². The number of methoxy groups -OCH3 is 1. The van der Waals surface area contributed by atoms with Gasteiger partial charge < -0.3 is 15.4 Å². The minimum absolute atomic E-state index is 0.228. The van der Waals surface area contributed by atoms with Crippen LogP contribution < -0.4 is 10.6 Å². The zero-order valence-electron chi connectivity index (χ0n) is 10.7. The van der Waals surface area contributed by atoms with E-state index in [0.717, 1.165) is 37.0 Å². The summed E-state index contributed by atoms with van der Waals surface area (Å²) in [6.07, 6.45) is 2.19. The average Bonchev–Trinajstić information content (AvgIpc) is 2.89. The second-order valence-electron chi connectivity index (χ2n) is 5.40. The van der Waals surface area contributed by atoms with E-state index < -0.39 is 0 Å². The van der Waals surface area contributed by atoms with Crippen LogP contribution in [0.5, 0.6) is 0 Å². The van der Waals surface area contributed by atoms with Crippen LogP contribution in [-0.4, -0.2) is 32.8 Å². The van der Waals surface area contributed by atoms with Crippen molar-refractivity contribution in [1.29, 1.82) is 0 Å². The van der Waals surface area contributed by atoms with Gasteiger partial charge in [0, 0.05) is 48.4 Å². The van der Waals surface area contributed by atoms with Crippen molar-refractivity contribution in [3.63, 3.8) is 0 Å². The van der Waals surface area contributed by atoms with E-state index in [0.29, 0.717) is 6.04 Å². The zero-order valence-corrected chi connectivity index (χ0v) is 12.2. The first kappa shape index (κ1) is 12.5. The lowest BCUT2D eigenvalue weighted by atomic mass is 9.98. The Bertz CT molecular complexity index is 465. The summed E-state index contributed by atoms with van der Waals surface area (Å²) in [5.41, 5.74) is 9.20. The standard InChI is InChI=1S/C14H19BrN2O/c1-18-6-2-5-17-9-14(8-13(14)16)11-7-10(15)3-4-12(11)17/h3-4,7,13H,2,5-6,8-9,16H2,1H3. The van der Waals surface area contributed by atoms with Crippen molar-refractivity contribution < 1.29 is 4.74 Å². The van der Waals surface area contributed by atoms with E-state index in [1.54, 1.807) is 7.11 Å². The van der Waals surface area contributed by atoms with Gasteiger partial charge in [-0.25, -0.2) is 0 Å². The van der Waals surface area contributed by atoms with Gasteiger partial charge in [0.05, 0.1) is 0 Å². The fraction of sp³-hybridized carbons (Fsp3) is 0.571. The van der Waals surface area contributed by atoms with Gasteiger partial charge in [-0.2, -0.15) is 0 Å². The molecule has 2 aliphatic rings. The molecule has 2 atom stereocenters. The van der Waals surface area contributed by atoms with Crippen LogP contribution in [0, 0.1) is 0 Å². The molecule has 0 radical (unpaired) electrons. The maximum absolute atomic E-state index is 6.18. The topological polar surface area (TPSA) is 38.5 Å². The van der Waals surface area contributed by atoms with Crippen LogP contribution in [0.25, 0.3) is 0 Å². The summed E-state index contributed by atoms with van der Waals surface area (Å²) in [5.74, 6) is 0. The molecule has 1 aromatic rings. The monoisotopic (exact) mass is 310 g/mol. The van der Waals surface area contributed by atoms with E-state index in [2.05, 4.69) is 39.0 Å². The van der Waals surface area contributed by atoms with E-state index in [-0.39, 0.29) is 5.41 Å². The third-order valence-electron chi connectivity index (χ3n) is 4.22. The molecule has 3 nitrogen and oxygen atoms in total. The summed E-state index contributed by atoms with van der Waals surface area (Å²) in [7, 11) is 1.76. The molecule has 2 unspecified atom stereocenters. The van der Waals surface area contributed by atoms with Crippen molar-refractivity contribution in [1.82, 2.24) is 0 Å². The number of hydrogen-bond donors (Lipinski definition) is 1. The van der Waals surface area contributed by atoms with Gasteiger partial charge in [0.15, 0.2) is 0 Å². The zero-order chi connectivity index (χ0) is 12.8. The molecule has 98 valence electrons. The lowest BCUT2D eigenvalue weighted by molar-refractivity contribution is 0.196. The summed E-state index contributed by atoms with van der Waals surface area (Å²) in [6.45, 7) is 2.95. The number of fused-ring (bicyclic) bond motifs is 2. The maximum atomic E-state index is 6.18. The Balaban J connectivity index is 1.85. The Morgan fingerprint density at radius 3 is 3.00 bits per heavy atom. The van der Waals surface area contributed by atoms with Crippen molar-refractivity contribution in [2.45, 2.75) is 24.3 Å². The molecule has 4 heteroatoms. The molecule has 1 spiro atoms. The summed E-state index contributed by atoms with van der Waals surface area (Å²) in [5, 5.41) is 0. The molecule has 0 amide bonds. The first-order valence-corrected chi connectivity index (χ1v) is 7.26. The minimum atomic E-state index is 0.228. The number of rotatable bonds is 4. The molecule has 1 saturated carbocycles. The van der Waals surface area contributed by atoms with Gasteiger partial charge in [-0.1, -0.05) is 15.9 Å². The third-order valence-corrected chi connectivity index (χ3v) is 4.71. The predicted octanol–water partition coefficient (Wildman–Crippen LogP) is 2.27. The first-order chi connectivity index (χ1) is 8.67. The molecule has 2 N–H and O–H groups in total. The van der Waals surface area contributed by atoms with Crippen LogP contribution in [0.4, 0.5) is 5.69 Å². The molecular weight excluding hydrogens is 292 g/mol. The Morgan fingerprint density at radius 1 is 1.56 bits per heavy atom. The van der Waals surface area contributed by atoms with Crippen LogP contribution in [0.1, 0.15) is 18.4 Å². The van der Waals surface area contributed by atoms with Crippen LogP contribution >= 0.6 is 15.9 Å². The largest absolute Gasteiger partial charge is 0.385 e. The highest BCUT2D eigenvalue weighted by molar-refractivity contribution is 9.10. The number of halogens is 1. The number of benzene rings is 1. The van der Waals surface area contributed by atoms with Gasteiger partial charge in [0.2, 0.25) is 0 Å². The van der Waals surface area contributed by atoms with Crippen molar-refractivity contribution >= 4 is 21.6 Å². The Labute approximate surface area is 116 Å². The van der Waals surface area contributed by atoms with Crippen LogP contribution in [0.3, 0.4) is 0 Å². The minimum Gasteiger partial charge on any atom is -0.385 e. The Kier molecular flexibility index (Phi) is 3.12. The normalized spacial score (nSPS) is 28.8. The maximum Gasteiger partial charge on any atom is 0.0479 e. The highest BCUT2D eigenvalue weighted by Crippen LogP contribution is 2.55. The van der Waals surface area contributed by atoms with Gasteiger partial charge >= 0.3 is 0 Å². The summed E-state index contributed by atoms with van der Waals surface area (Å²) < 4.78 is 6.29. The number of anilines is 1. The molecular formula is C14H19BrN2O. The molecule has 3 rings (SSSR count). The molecule has 0 saturated heterocycles. The fourth-order valence-electron chi connectivity index (χ4n) is 3.12. The van der Waals surface area contributed by atoms with Gasteiger partial charge in [0.25, 0.3) is 0 Å². The predicted molar refractivity (Wildman–Crippen MR) is 77.1 cm³/mol. The van der Waals surface area contributed by atoms with Crippen molar-refractivity contribution in [2.75, 3.05) is 31.7 Å². The second kappa shape index (κ2) is 4.51. The fourth-order valence-corrected chi connectivity index (χ4v) is 3.48. The van der Waals surface area contributed by atoms with E-state index in [1.165, 1.54) is 11.3 Å². The number of hydrogen-bond acceptors (Lipinski definition) is 3.